The van der Waals surface area contributed by atoms with Crippen LogP contribution in [0, 0.1) is 12.8 Å². The Morgan fingerprint density at radius 3 is 2.95 bits per heavy atom. The van der Waals surface area contributed by atoms with Crippen LogP contribution in [0.2, 0.25) is 0 Å². The van der Waals surface area contributed by atoms with Crippen LogP contribution in [0.4, 0.5) is 0 Å². The van der Waals surface area contributed by atoms with Gasteiger partial charge >= 0.3 is 0 Å². The molecule has 3 rings (SSSR count). The molecule has 1 atom stereocenters. The van der Waals surface area contributed by atoms with E-state index in [0.717, 1.165) is 49.8 Å². The molecule has 0 spiro atoms. The van der Waals surface area contributed by atoms with Gasteiger partial charge in [0.25, 0.3) is 0 Å². The van der Waals surface area contributed by atoms with Gasteiger partial charge in [-0.05, 0) is 50.8 Å². The van der Waals surface area contributed by atoms with Gasteiger partial charge in [-0.25, -0.2) is 4.98 Å². The average Bonchev–Trinajstić information content (AvgIpc) is 3.10. The van der Waals surface area contributed by atoms with Crippen molar-refractivity contribution in [2.75, 3.05) is 13.1 Å². The second-order valence-corrected chi connectivity index (χ2v) is 6.49. The van der Waals surface area contributed by atoms with Crippen molar-refractivity contribution in [1.82, 2.24) is 14.5 Å². The predicted molar refractivity (Wildman–Crippen MR) is 87.7 cm³/mol. The fraction of sp³-hybridized carbons (Fsp3) is 0.611. The highest BCUT2D eigenvalue weighted by atomic mass is 16.3. The first-order valence-corrected chi connectivity index (χ1v) is 8.52. The molecule has 0 N–H and O–H groups in total. The number of hydrogen-bond donors (Lipinski definition) is 0. The van der Waals surface area contributed by atoms with E-state index in [2.05, 4.69) is 46.6 Å². The van der Waals surface area contributed by atoms with Crippen LogP contribution in [0.15, 0.2) is 28.9 Å². The van der Waals surface area contributed by atoms with Crippen LogP contribution < -0.4 is 0 Å². The van der Waals surface area contributed by atoms with Gasteiger partial charge in [0.15, 0.2) is 0 Å². The Hall–Kier alpha value is -1.55. The number of rotatable bonds is 6. The number of nitrogens with zero attached hydrogens (tertiary/aromatic N) is 3. The zero-order valence-corrected chi connectivity index (χ0v) is 13.8. The van der Waals surface area contributed by atoms with Gasteiger partial charge in [0.1, 0.15) is 17.3 Å². The highest BCUT2D eigenvalue weighted by Gasteiger charge is 2.21. The van der Waals surface area contributed by atoms with E-state index in [1.54, 1.807) is 0 Å². The zero-order chi connectivity index (χ0) is 15.4. The van der Waals surface area contributed by atoms with E-state index >= 15 is 0 Å². The van der Waals surface area contributed by atoms with Crippen molar-refractivity contribution >= 4 is 0 Å². The molecule has 0 amide bonds. The third-order valence-electron chi connectivity index (χ3n) is 4.57. The van der Waals surface area contributed by atoms with Crippen molar-refractivity contribution < 1.29 is 4.42 Å². The Balaban J connectivity index is 1.54. The largest absolute Gasteiger partial charge is 0.465 e. The summed E-state index contributed by atoms with van der Waals surface area (Å²) in [5, 5.41) is 0. The molecule has 0 saturated carbocycles. The summed E-state index contributed by atoms with van der Waals surface area (Å²) in [6, 6.07) is 4.28. The summed E-state index contributed by atoms with van der Waals surface area (Å²) in [5.74, 6) is 4.07. The standard InChI is InChI=1S/C18H27N3O/c1-3-5-17-7-8-18(22-17)14-20-10-4-6-16(12-20)13-21-11-9-19-15(21)2/h7-9,11,16H,3-6,10,12-14H2,1-2H3/t16-/m1/s1. The number of hydrogen-bond acceptors (Lipinski definition) is 3. The maximum Gasteiger partial charge on any atom is 0.118 e. The Kier molecular flexibility index (Phi) is 4.98. The summed E-state index contributed by atoms with van der Waals surface area (Å²) < 4.78 is 8.21. The molecular formula is C18H27N3O. The molecule has 3 heterocycles. The summed E-state index contributed by atoms with van der Waals surface area (Å²) in [6.07, 6.45) is 8.77. The average molecular weight is 301 g/mol. The highest BCUT2D eigenvalue weighted by molar-refractivity contribution is 5.07. The number of aromatic nitrogens is 2. The van der Waals surface area contributed by atoms with Crippen molar-refractivity contribution in [3.8, 4) is 0 Å². The van der Waals surface area contributed by atoms with Gasteiger partial charge in [0.05, 0.1) is 6.54 Å². The van der Waals surface area contributed by atoms with Gasteiger partial charge in [0, 0.05) is 31.9 Å². The van der Waals surface area contributed by atoms with Gasteiger partial charge in [-0.3, -0.25) is 4.90 Å². The van der Waals surface area contributed by atoms with E-state index in [-0.39, 0.29) is 0 Å². The number of likely N-dealkylation sites (tertiary alicyclic amines) is 1. The minimum absolute atomic E-state index is 0.715. The first-order chi connectivity index (χ1) is 10.7. The lowest BCUT2D eigenvalue weighted by Crippen LogP contribution is -2.36. The highest BCUT2D eigenvalue weighted by Crippen LogP contribution is 2.21. The maximum absolute atomic E-state index is 5.93. The first-order valence-electron chi connectivity index (χ1n) is 8.52. The van der Waals surface area contributed by atoms with Crippen molar-refractivity contribution in [1.29, 1.82) is 0 Å². The van der Waals surface area contributed by atoms with Gasteiger partial charge in [-0.1, -0.05) is 6.92 Å². The van der Waals surface area contributed by atoms with Crippen molar-refractivity contribution in [3.63, 3.8) is 0 Å². The minimum Gasteiger partial charge on any atom is -0.465 e. The molecule has 0 unspecified atom stereocenters. The van der Waals surface area contributed by atoms with E-state index in [9.17, 15) is 0 Å². The normalized spacial score (nSPS) is 19.6. The van der Waals surface area contributed by atoms with E-state index in [1.165, 1.54) is 19.4 Å². The predicted octanol–water partition coefficient (Wildman–Crippen LogP) is 3.65. The molecule has 22 heavy (non-hydrogen) atoms. The molecule has 2 aromatic rings. The van der Waals surface area contributed by atoms with Gasteiger partial charge in [-0.15, -0.1) is 0 Å². The molecule has 4 nitrogen and oxygen atoms in total. The Bertz CT molecular complexity index is 587. The topological polar surface area (TPSA) is 34.2 Å². The van der Waals surface area contributed by atoms with E-state index < -0.39 is 0 Å². The van der Waals surface area contributed by atoms with Crippen LogP contribution in [0.3, 0.4) is 0 Å². The Morgan fingerprint density at radius 2 is 2.18 bits per heavy atom. The summed E-state index contributed by atoms with van der Waals surface area (Å²) in [7, 11) is 0. The van der Waals surface area contributed by atoms with Crippen LogP contribution in [0.5, 0.6) is 0 Å². The van der Waals surface area contributed by atoms with E-state index in [0.29, 0.717) is 5.92 Å². The van der Waals surface area contributed by atoms with Gasteiger partial charge < -0.3 is 8.98 Å². The van der Waals surface area contributed by atoms with Crippen molar-refractivity contribution in [3.05, 3.63) is 41.9 Å². The molecule has 1 aliphatic rings. The molecule has 120 valence electrons. The van der Waals surface area contributed by atoms with Crippen molar-refractivity contribution in [2.24, 2.45) is 5.92 Å². The molecule has 0 bridgehead atoms. The Labute approximate surface area is 133 Å². The summed E-state index contributed by atoms with van der Waals surface area (Å²) in [4.78, 5) is 6.86. The molecule has 0 aromatic carbocycles. The smallest absolute Gasteiger partial charge is 0.118 e. The van der Waals surface area contributed by atoms with E-state index in [1.807, 2.05) is 6.20 Å². The summed E-state index contributed by atoms with van der Waals surface area (Å²) in [6.45, 7) is 8.64. The molecule has 4 heteroatoms. The maximum atomic E-state index is 5.93. The summed E-state index contributed by atoms with van der Waals surface area (Å²) >= 11 is 0. The van der Waals surface area contributed by atoms with Crippen LogP contribution in [-0.4, -0.2) is 27.5 Å². The fourth-order valence-corrected chi connectivity index (χ4v) is 3.43. The van der Waals surface area contributed by atoms with E-state index in [4.69, 9.17) is 4.42 Å². The van der Waals surface area contributed by atoms with Crippen LogP contribution in [0.25, 0.3) is 0 Å². The molecular weight excluding hydrogens is 274 g/mol. The number of furan rings is 1. The van der Waals surface area contributed by atoms with Crippen LogP contribution in [0.1, 0.15) is 43.5 Å². The number of aryl methyl sites for hydroxylation is 2. The quantitative estimate of drug-likeness (QED) is 0.817. The van der Waals surface area contributed by atoms with Crippen molar-refractivity contribution in [2.45, 2.75) is 52.6 Å². The summed E-state index contributed by atoms with van der Waals surface area (Å²) in [5.41, 5.74) is 0. The number of imidazole rings is 1. The van der Waals surface area contributed by atoms with Crippen LogP contribution in [-0.2, 0) is 19.5 Å². The first kappa shape index (κ1) is 15.3. The van der Waals surface area contributed by atoms with Crippen LogP contribution >= 0.6 is 0 Å². The lowest BCUT2D eigenvalue weighted by molar-refractivity contribution is 0.145. The SMILES string of the molecule is CCCc1ccc(CN2CCC[C@@H](Cn3ccnc3C)C2)o1. The third kappa shape index (κ3) is 3.80. The molecule has 2 aromatic heterocycles. The lowest BCUT2D eigenvalue weighted by atomic mass is 9.98. The molecule has 1 fully saturated rings. The van der Waals surface area contributed by atoms with Gasteiger partial charge in [-0.2, -0.15) is 0 Å². The Morgan fingerprint density at radius 1 is 1.32 bits per heavy atom. The number of piperidine rings is 1. The lowest BCUT2D eigenvalue weighted by Gasteiger charge is -2.32. The molecule has 0 radical (unpaired) electrons. The minimum atomic E-state index is 0.715. The molecule has 1 saturated heterocycles. The zero-order valence-electron chi connectivity index (χ0n) is 13.8. The second kappa shape index (κ2) is 7.14. The van der Waals surface area contributed by atoms with Gasteiger partial charge in [0.2, 0.25) is 0 Å². The fourth-order valence-electron chi connectivity index (χ4n) is 3.43. The molecule has 1 aliphatic heterocycles. The third-order valence-corrected chi connectivity index (χ3v) is 4.57. The second-order valence-electron chi connectivity index (χ2n) is 6.49. The molecule has 0 aliphatic carbocycles. The monoisotopic (exact) mass is 301 g/mol.